The van der Waals surface area contributed by atoms with Gasteiger partial charge in [0.15, 0.2) is 0 Å². The van der Waals surface area contributed by atoms with Gasteiger partial charge in [-0.1, -0.05) is 61.9 Å². The maximum absolute atomic E-state index is 13.5. The van der Waals surface area contributed by atoms with Gasteiger partial charge in [-0.2, -0.15) is 0 Å². The lowest BCUT2D eigenvalue weighted by atomic mass is 10.2. The summed E-state index contributed by atoms with van der Waals surface area (Å²) in [7, 11) is -3.69. The van der Waals surface area contributed by atoms with Crippen molar-refractivity contribution in [3.63, 3.8) is 0 Å². The summed E-state index contributed by atoms with van der Waals surface area (Å²) >= 11 is 0. The number of nitrogens with zero attached hydrogens (tertiary/aromatic N) is 2. The third-order valence-electron chi connectivity index (χ3n) is 4.85. The van der Waals surface area contributed by atoms with E-state index in [9.17, 15) is 8.42 Å². The first kappa shape index (κ1) is 19.2. The number of imidazole rings is 1. The van der Waals surface area contributed by atoms with Gasteiger partial charge in [0, 0.05) is 12.1 Å². The zero-order chi connectivity index (χ0) is 20.3. The summed E-state index contributed by atoms with van der Waals surface area (Å²) < 4.78 is 28.4. The van der Waals surface area contributed by atoms with Crippen LogP contribution in [0.4, 0.5) is 5.69 Å². The molecule has 1 heterocycles. The molecular weight excluding hydrogens is 382 g/mol. The van der Waals surface area contributed by atoms with Crippen molar-refractivity contribution in [1.82, 2.24) is 9.97 Å². The van der Waals surface area contributed by atoms with Gasteiger partial charge in [-0.05, 0) is 36.8 Å². The molecular formula is C23H23N3O2S. The molecule has 29 heavy (non-hydrogen) atoms. The van der Waals surface area contributed by atoms with Gasteiger partial charge in [-0.25, -0.2) is 13.4 Å². The number of hydrogen-bond donors (Lipinski definition) is 1. The minimum Gasteiger partial charge on any atom is -0.338 e. The van der Waals surface area contributed by atoms with E-state index in [0.717, 1.165) is 29.7 Å². The van der Waals surface area contributed by atoms with E-state index in [1.807, 2.05) is 60.7 Å². The van der Waals surface area contributed by atoms with Gasteiger partial charge in [-0.3, -0.25) is 4.31 Å². The Labute approximate surface area is 171 Å². The highest BCUT2D eigenvalue weighted by atomic mass is 32.2. The number of hydrogen-bond acceptors (Lipinski definition) is 3. The van der Waals surface area contributed by atoms with E-state index >= 15 is 0 Å². The van der Waals surface area contributed by atoms with Gasteiger partial charge in [0.1, 0.15) is 5.82 Å². The number of aromatic nitrogens is 2. The molecule has 1 aromatic heterocycles. The van der Waals surface area contributed by atoms with Crippen molar-refractivity contribution >= 4 is 26.7 Å². The third-order valence-corrected chi connectivity index (χ3v) is 6.67. The van der Waals surface area contributed by atoms with Crippen molar-refractivity contribution < 1.29 is 8.42 Å². The number of para-hydroxylation sites is 1. The predicted octanol–water partition coefficient (Wildman–Crippen LogP) is 5.23. The fraction of sp³-hybridized carbons (Fsp3) is 0.174. The van der Waals surface area contributed by atoms with E-state index in [1.54, 1.807) is 18.2 Å². The molecule has 0 aliphatic heterocycles. The van der Waals surface area contributed by atoms with Crippen molar-refractivity contribution in [3.8, 4) is 11.4 Å². The van der Waals surface area contributed by atoms with E-state index in [2.05, 4.69) is 16.9 Å². The Hall–Kier alpha value is -3.12. The second-order valence-corrected chi connectivity index (χ2v) is 8.76. The lowest BCUT2D eigenvalue weighted by Crippen LogP contribution is -2.32. The molecule has 0 aliphatic rings. The molecule has 0 bridgehead atoms. The molecule has 0 unspecified atom stereocenters. The summed E-state index contributed by atoms with van der Waals surface area (Å²) in [5, 5.41) is 0. The fourth-order valence-corrected chi connectivity index (χ4v) is 4.82. The van der Waals surface area contributed by atoms with Crippen LogP contribution >= 0.6 is 0 Å². The van der Waals surface area contributed by atoms with Crippen LogP contribution in [0.5, 0.6) is 0 Å². The van der Waals surface area contributed by atoms with Gasteiger partial charge in [0.2, 0.25) is 0 Å². The average molecular weight is 406 g/mol. The van der Waals surface area contributed by atoms with E-state index in [1.165, 1.54) is 4.31 Å². The Kier molecular flexibility index (Phi) is 5.36. The number of H-pyrrole nitrogens is 1. The van der Waals surface area contributed by atoms with Gasteiger partial charge in [0.05, 0.1) is 21.6 Å². The molecule has 0 radical (unpaired) electrons. The van der Waals surface area contributed by atoms with Crippen LogP contribution < -0.4 is 4.31 Å². The molecule has 5 nitrogen and oxygen atoms in total. The van der Waals surface area contributed by atoms with Crippen LogP contribution in [0.3, 0.4) is 0 Å². The van der Waals surface area contributed by atoms with Gasteiger partial charge < -0.3 is 4.98 Å². The van der Waals surface area contributed by atoms with Crippen LogP contribution in [0.25, 0.3) is 22.4 Å². The molecule has 148 valence electrons. The van der Waals surface area contributed by atoms with Gasteiger partial charge in [0.25, 0.3) is 10.0 Å². The maximum Gasteiger partial charge on any atom is 0.264 e. The minimum absolute atomic E-state index is 0.258. The first-order valence-electron chi connectivity index (χ1n) is 9.72. The monoisotopic (exact) mass is 405 g/mol. The highest BCUT2D eigenvalue weighted by Gasteiger charge is 2.25. The van der Waals surface area contributed by atoms with E-state index in [-0.39, 0.29) is 4.90 Å². The Morgan fingerprint density at radius 2 is 1.62 bits per heavy atom. The largest absolute Gasteiger partial charge is 0.338 e. The van der Waals surface area contributed by atoms with E-state index in [0.29, 0.717) is 17.7 Å². The molecule has 1 N–H and O–H groups in total. The number of fused-ring (bicyclic) bond motifs is 1. The highest BCUT2D eigenvalue weighted by Crippen LogP contribution is 2.27. The summed E-state index contributed by atoms with van der Waals surface area (Å²) in [6, 6.07) is 24.1. The zero-order valence-electron chi connectivity index (χ0n) is 16.2. The van der Waals surface area contributed by atoms with Crippen LogP contribution in [0, 0.1) is 0 Å². The second-order valence-electron chi connectivity index (χ2n) is 6.90. The van der Waals surface area contributed by atoms with Crippen LogP contribution in [-0.2, 0) is 10.0 Å². The predicted molar refractivity (Wildman–Crippen MR) is 117 cm³/mol. The second kappa shape index (κ2) is 8.09. The number of anilines is 1. The van der Waals surface area contributed by atoms with E-state index in [4.69, 9.17) is 0 Å². The average Bonchev–Trinajstić information content (AvgIpc) is 3.19. The summed E-state index contributed by atoms with van der Waals surface area (Å²) in [6.45, 7) is 2.50. The number of rotatable bonds is 7. The van der Waals surface area contributed by atoms with Crippen molar-refractivity contribution in [2.75, 3.05) is 10.8 Å². The standard InChI is InChI=1S/C23H23N3O2S/c1-2-3-16-26(19-12-8-5-9-13-19)29(27,28)20-14-15-21-22(17-20)25-23(24-21)18-10-6-4-7-11-18/h4-15,17H,2-3,16H2,1H3,(H,24,25). The zero-order valence-corrected chi connectivity index (χ0v) is 17.1. The Morgan fingerprint density at radius 3 is 2.31 bits per heavy atom. The number of sulfonamides is 1. The third kappa shape index (κ3) is 3.89. The molecule has 6 heteroatoms. The smallest absolute Gasteiger partial charge is 0.264 e. The normalized spacial score (nSPS) is 11.6. The lowest BCUT2D eigenvalue weighted by molar-refractivity contribution is 0.589. The van der Waals surface area contributed by atoms with Gasteiger partial charge in [-0.15, -0.1) is 0 Å². The fourth-order valence-electron chi connectivity index (χ4n) is 3.29. The van der Waals surface area contributed by atoms with Crippen LogP contribution in [0.2, 0.25) is 0 Å². The van der Waals surface area contributed by atoms with Crippen LogP contribution in [-0.4, -0.2) is 24.9 Å². The van der Waals surface area contributed by atoms with E-state index < -0.39 is 10.0 Å². The molecule has 3 aromatic carbocycles. The molecule has 0 aliphatic carbocycles. The highest BCUT2D eigenvalue weighted by molar-refractivity contribution is 7.92. The molecule has 0 saturated carbocycles. The summed E-state index contributed by atoms with van der Waals surface area (Å²) in [6.07, 6.45) is 1.71. The topological polar surface area (TPSA) is 66.1 Å². The summed E-state index contributed by atoms with van der Waals surface area (Å²) in [5.74, 6) is 0.723. The first-order valence-corrected chi connectivity index (χ1v) is 11.2. The van der Waals surface area contributed by atoms with Crippen LogP contribution in [0.15, 0.2) is 83.8 Å². The molecule has 0 atom stereocenters. The van der Waals surface area contributed by atoms with Crippen LogP contribution in [0.1, 0.15) is 19.8 Å². The maximum atomic E-state index is 13.5. The summed E-state index contributed by atoms with van der Waals surface area (Å²) in [4.78, 5) is 8.10. The number of unbranched alkanes of at least 4 members (excludes halogenated alkanes) is 1. The molecule has 0 saturated heterocycles. The lowest BCUT2D eigenvalue weighted by Gasteiger charge is -2.24. The van der Waals surface area contributed by atoms with Crippen molar-refractivity contribution in [1.29, 1.82) is 0 Å². The first-order chi connectivity index (χ1) is 14.1. The molecule has 0 spiro atoms. The molecule has 0 fully saturated rings. The Bertz CT molecular complexity index is 1200. The summed E-state index contributed by atoms with van der Waals surface area (Å²) in [5.41, 5.74) is 3.08. The Balaban J connectivity index is 1.75. The van der Waals surface area contributed by atoms with Gasteiger partial charge >= 0.3 is 0 Å². The Morgan fingerprint density at radius 1 is 0.931 bits per heavy atom. The quantitative estimate of drug-likeness (QED) is 0.458. The SMILES string of the molecule is CCCCN(c1ccccc1)S(=O)(=O)c1ccc2nc(-c3ccccc3)[nH]c2c1. The number of aromatic amines is 1. The minimum atomic E-state index is -3.69. The molecule has 0 amide bonds. The molecule has 4 rings (SSSR count). The molecule has 4 aromatic rings. The number of benzene rings is 3. The van der Waals surface area contributed by atoms with Crippen molar-refractivity contribution in [3.05, 3.63) is 78.9 Å². The number of nitrogens with one attached hydrogen (secondary N) is 1. The van der Waals surface area contributed by atoms with Crippen molar-refractivity contribution in [2.24, 2.45) is 0 Å². The van der Waals surface area contributed by atoms with Crippen molar-refractivity contribution in [2.45, 2.75) is 24.7 Å².